The molecular weight excluding hydrogens is 308 g/mol. The molecule has 0 radical (unpaired) electrons. The Morgan fingerprint density at radius 2 is 1.71 bits per heavy atom. The highest BCUT2D eigenvalue weighted by Gasteiger charge is 2.28. The predicted molar refractivity (Wildman–Crippen MR) is 88.4 cm³/mol. The molecule has 120 valence electrons. The smallest absolute Gasteiger partial charge is 0.341 e. The van der Waals surface area contributed by atoms with Gasteiger partial charge in [-0.25, -0.2) is 4.79 Å². The Bertz CT molecular complexity index is 961. The van der Waals surface area contributed by atoms with Crippen LogP contribution in [0.4, 0.5) is 0 Å². The lowest BCUT2D eigenvalue weighted by atomic mass is 10.0. The molecule has 3 aromatic rings. The van der Waals surface area contributed by atoms with Gasteiger partial charge in [-0.3, -0.25) is 0 Å². The average Bonchev–Trinajstić information content (AvgIpc) is 2.64. The molecule has 5 heteroatoms. The van der Waals surface area contributed by atoms with Crippen molar-refractivity contribution in [2.45, 2.75) is 0 Å². The number of esters is 1. The molecule has 0 aliphatic carbocycles. The summed E-state index contributed by atoms with van der Waals surface area (Å²) in [6.45, 7) is 0. The van der Waals surface area contributed by atoms with Crippen LogP contribution in [0.3, 0.4) is 0 Å². The first-order valence-corrected chi connectivity index (χ1v) is 7.39. The molecule has 1 heterocycles. The summed E-state index contributed by atoms with van der Waals surface area (Å²) < 4.78 is 22.1. The molecule has 0 spiro atoms. The third-order valence-electron chi connectivity index (χ3n) is 3.94. The first-order chi connectivity index (χ1) is 11.7. The number of benzene rings is 3. The summed E-state index contributed by atoms with van der Waals surface area (Å²) in [5.41, 5.74) is 0.327. The van der Waals surface area contributed by atoms with Gasteiger partial charge in [0.1, 0.15) is 11.3 Å². The normalized spacial score (nSPS) is 11.8. The van der Waals surface area contributed by atoms with Crippen molar-refractivity contribution in [3.05, 3.63) is 54.1 Å². The van der Waals surface area contributed by atoms with E-state index in [1.807, 2.05) is 24.3 Å². The lowest BCUT2D eigenvalue weighted by molar-refractivity contribution is 0.0597. The van der Waals surface area contributed by atoms with Gasteiger partial charge in [0.25, 0.3) is 0 Å². The molecule has 0 fully saturated rings. The Kier molecular flexibility index (Phi) is 3.27. The second-order valence-electron chi connectivity index (χ2n) is 5.31. The molecule has 4 rings (SSSR count). The fraction of sp³-hybridized carbons (Fsp3) is 0.105. The van der Waals surface area contributed by atoms with Gasteiger partial charge < -0.3 is 18.9 Å². The summed E-state index contributed by atoms with van der Waals surface area (Å²) in [6, 6.07) is 14.6. The van der Waals surface area contributed by atoms with E-state index in [4.69, 9.17) is 18.9 Å². The van der Waals surface area contributed by atoms with Crippen LogP contribution in [0.1, 0.15) is 10.4 Å². The van der Waals surface area contributed by atoms with Gasteiger partial charge in [0.2, 0.25) is 0 Å². The highest BCUT2D eigenvalue weighted by atomic mass is 16.6. The van der Waals surface area contributed by atoms with E-state index in [-0.39, 0.29) is 0 Å². The molecule has 0 N–H and O–H groups in total. The molecule has 0 aromatic heterocycles. The zero-order valence-corrected chi connectivity index (χ0v) is 13.2. The van der Waals surface area contributed by atoms with Crippen molar-refractivity contribution >= 4 is 16.7 Å². The third kappa shape index (κ3) is 2.13. The molecule has 1 aliphatic rings. The minimum Gasteiger partial charge on any atom is -0.497 e. The number of carbonyl (C=O) groups excluding carboxylic acids is 1. The molecule has 0 saturated carbocycles. The first kappa shape index (κ1) is 14.4. The van der Waals surface area contributed by atoms with E-state index in [0.717, 1.165) is 10.8 Å². The van der Waals surface area contributed by atoms with Gasteiger partial charge in [-0.1, -0.05) is 24.3 Å². The molecule has 0 saturated heterocycles. The van der Waals surface area contributed by atoms with E-state index in [0.29, 0.717) is 34.3 Å². The molecule has 3 aromatic carbocycles. The minimum absolute atomic E-state index is 0.327. The number of rotatable bonds is 2. The number of hydrogen-bond acceptors (Lipinski definition) is 5. The molecule has 1 aliphatic heterocycles. The van der Waals surface area contributed by atoms with Crippen LogP contribution in [-0.4, -0.2) is 20.2 Å². The van der Waals surface area contributed by atoms with Crippen LogP contribution in [-0.2, 0) is 4.74 Å². The van der Waals surface area contributed by atoms with Crippen LogP contribution < -0.4 is 14.2 Å². The van der Waals surface area contributed by atoms with Gasteiger partial charge in [0.15, 0.2) is 23.0 Å². The second kappa shape index (κ2) is 5.45. The summed E-state index contributed by atoms with van der Waals surface area (Å²) in [4.78, 5) is 12.2. The fourth-order valence-electron chi connectivity index (χ4n) is 2.76. The average molecular weight is 322 g/mol. The van der Waals surface area contributed by atoms with Crippen LogP contribution in [0.5, 0.6) is 28.7 Å². The van der Waals surface area contributed by atoms with Crippen molar-refractivity contribution in [2.24, 2.45) is 0 Å². The maximum absolute atomic E-state index is 12.2. The summed E-state index contributed by atoms with van der Waals surface area (Å²) in [5, 5.41) is 1.72. The monoisotopic (exact) mass is 322 g/mol. The topological polar surface area (TPSA) is 54.0 Å². The summed E-state index contributed by atoms with van der Waals surface area (Å²) in [5.74, 6) is 2.09. The van der Waals surface area contributed by atoms with Crippen molar-refractivity contribution in [1.82, 2.24) is 0 Å². The van der Waals surface area contributed by atoms with Gasteiger partial charge >= 0.3 is 5.97 Å². The van der Waals surface area contributed by atoms with E-state index in [1.165, 1.54) is 7.11 Å². The van der Waals surface area contributed by atoms with Crippen LogP contribution in [0.15, 0.2) is 48.5 Å². The third-order valence-corrected chi connectivity index (χ3v) is 3.94. The lowest BCUT2D eigenvalue weighted by Gasteiger charge is -2.24. The Morgan fingerprint density at radius 1 is 0.917 bits per heavy atom. The van der Waals surface area contributed by atoms with Gasteiger partial charge in [-0.2, -0.15) is 0 Å². The molecule has 5 nitrogen and oxygen atoms in total. The van der Waals surface area contributed by atoms with Crippen molar-refractivity contribution in [2.75, 3.05) is 14.2 Å². The Balaban J connectivity index is 1.96. The van der Waals surface area contributed by atoms with Crippen molar-refractivity contribution < 1.29 is 23.7 Å². The number of fused-ring (bicyclic) bond motifs is 4. The second-order valence-corrected chi connectivity index (χ2v) is 5.31. The molecule has 0 atom stereocenters. The van der Waals surface area contributed by atoms with Crippen molar-refractivity contribution in [1.29, 1.82) is 0 Å². The quantitative estimate of drug-likeness (QED) is 0.507. The molecule has 0 bridgehead atoms. The predicted octanol–water partition coefficient (Wildman–Crippen LogP) is 4.53. The number of hydrogen-bond donors (Lipinski definition) is 0. The zero-order chi connectivity index (χ0) is 16.7. The van der Waals surface area contributed by atoms with E-state index < -0.39 is 5.97 Å². The Labute approximate surface area is 138 Å². The number of methoxy groups -OCH3 is 2. The number of carbonyl (C=O) groups is 1. The molecule has 0 unspecified atom stereocenters. The summed E-state index contributed by atoms with van der Waals surface area (Å²) >= 11 is 0. The van der Waals surface area contributed by atoms with E-state index in [2.05, 4.69) is 0 Å². The zero-order valence-electron chi connectivity index (χ0n) is 13.2. The van der Waals surface area contributed by atoms with Crippen LogP contribution in [0.2, 0.25) is 0 Å². The van der Waals surface area contributed by atoms with E-state index in [1.54, 1.807) is 31.4 Å². The van der Waals surface area contributed by atoms with Crippen LogP contribution in [0.25, 0.3) is 10.8 Å². The maximum atomic E-state index is 12.2. The minimum atomic E-state index is -0.474. The number of ether oxygens (including phenoxy) is 4. The molecule has 0 amide bonds. The highest BCUT2D eigenvalue weighted by Crippen LogP contribution is 2.51. The maximum Gasteiger partial charge on any atom is 0.341 e. The van der Waals surface area contributed by atoms with E-state index >= 15 is 0 Å². The van der Waals surface area contributed by atoms with E-state index in [9.17, 15) is 4.79 Å². The van der Waals surface area contributed by atoms with Gasteiger partial charge in [0.05, 0.1) is 14.2 Å². The Hall–Kier alpha value is -3.21. The van der Waals surface area contributed by atoms with Crippen LogP contribution in [0, 0.1) is 0 Å². The largest absolute Gasteiger partial charge is 0.497 e. The summed E-state index contributed by atoms with van der Waals surface area (Å²) in [6.07, 6.45) is 0. The standard InChI is InChI=1S/C19H14O5/c1-21-12-7-8-15-16(10-12)24-17-13-6-4-3-5-11(13)9-14(18(17)23-15)19(20)22-2/h3-10H,1-2H3. The highest BCUT2D eigenvalue weighted by molar-refractivity contribution is 6.03. The molecular formula is C19H14O5. The lowest BCUT2D eigenvalue weighted by Crippen LogP contribution is -2.08. The van der Waals surface area contributed by atoms with Crippen molar-refractivity contribution in [3.8, 4) is 28.7 Å². The summed E-state index contributed by atoms with van der Waals surface area (Å²) in [7, 11) is 2.93. The van der Waals surface area contributed by atoms with Crippen molar-refractivity contribution in [3.63, 3.8) is 0 Å². The van der Waals surface area contributed by atoms with Gasteiger partial charge in [-0.05, 0) is 23.6 Å². The fourth-order valence-corrected chi connectivity index (χ4v) is 2.76. The van der Waals surface area contributed by atoms with Gasteiger partial charge in [0, 0.05) is 11.5 Å². The van der Waals surface area contributed by atoms with Crippen LogP contribution >= 0.6 is 0 Å². The SMILES string of the molecule is COC(=O)c1cc2ccccc2c2c1Oc1ccc(OC)cc1O2. The Morgan fingerprint density at radius 3 is 2.50 bits per heavy atom. The van der Waals surface area contributed by atoms with Gasteiger partial charge in [-0.15, -0.1) is 0 Å². The molecule has 24 heavy (non-hydrogen) atoms. The first-order valence-electron chi connectivity index (χ1n) is 7.39.